The van der Waals surface area contributed by atoms with Crippen LogP contribution in [0.3, 0.4) is 0 Å². The highest BCUT2D eigenvalue weighted by Crippen LogP contribution is 2.32. The first-order valence-electron chi connectivity index (χ1n) is 8.56. The minimum atomic E-state index is -1.03. The molecule has 164 valence electrons. The number of rotatable bonds is 5. The van der Waals surface area contributed by atoms with Crippen molar-refractivity contribution in [2.75, 3.05) is 5.32 Å². The maximum Gasteiger partial charge on any atom is 0.302 e. The molecular formula is C19H11Br3ClN5O4. The highest BCUT2D eigenvalue weighted by molar-refractivity contribution is 9.11. The van der Waals surface area contributed by atoms with Gasteiger partial charge in [-0.2, -0.15) is 0 Å². The van der Waals surface area contributed by atoms with Crippen molar-refractivity contribution >= 4 is 89.1 Å². The first kappa shape index (κ1) is 24.1. The molecule has 0 spiro atoms. The van der Waals surface area contributed by atoms with Crippen molar-refractivity contribution < 1.29 is 19.2 Å². The van der Waals surface area contributed by atoms with Gasteiger partial charge in [0.25, 0.3) is 11.8 Å². The van der Waals surface area contributed by atoms with Crippen molar-refractivity contribution in [3.63, 3.8) is 0 Å². The van der Waals surface area contributed by atoms with Crippen molar-refractivity contribution in [3.05, 3.63) is 72.4 Å². The number of carbonyl (C=O) groups excluding carboxylic acids is 4. The van der Waals surface area contributed by atoms with Gasteiger partial charge in [-0.1, -0.05) is 27.5 Å². The Kier molecular flexibility index (Phi) is 7.82. The molecule has 0 atom stereocenters. The van der Waals surface area contributed by atoms with Crippen molar-refractivity contribution in [1.29, 1.82) is 0 Å². The Hall–Kier alpha value is -2.54. The number of hydrazine groups is 1. The van der Waals surface area contributed by atoms with Crippen LogP contribution in [0.15, 0.2) is 56.1 Å². The Labute approximate surface area is 211 Å². The molecule has 32 heavy (non-hydrogen) atoms. The number of carbonyl (C=O) groups is 4. The average Bonchev–Trinajstić information content (AvgIpc) is 3.15. The summed E-state index contributed by atoms with van der Waals surface area (Å²) in [6.07, 6.45) is 3.18. The van der Waals surface area contributed by atoms with Crippen LogP contribution in [0.4, 0.5) is 5.69 Å². The zero-order chi connectivity index (χ0) is 23.4. The highest BCUT2D eigenvalue weighted by Gasteiger charge is 2.22. The lowest BCUT2D eigenvalue weighted by molar-refractivity contribution is -0.131. The molecule has 13 heteroatoms. The van der Waals surface area contributed by atoms with Crippen LogP contribution in [0, 0.1) is 0 Å². The van der Waals surface area contributed by atoms with Gasteiger partial charge in [0.05, 0.1) is 16.3 Å². The Morgan fingerprint density at radius 1 is 1.03 bits per heavy atom. The van der Waals surface area contributed by atoms with E-state index in [0.717, 1.165) is 0 Å². The fourth-order valence-corrected chi connectivity index (χ4v) is 4.57. The van der Waals surface area contributed by atoms with Crippen LogP contribution < -0.4 is 16.2 Å². The summed E-state index contributed by atoms with van der Waals surface area (Å²) in [6, 6.07) is 7.93. The summed E-state index contributed by atoms with van der Waals surface area (Å²) in [6.45, 7) is 0. The van der Waals surface area contributed by atoms with Gasteiger partial charge in [-0.05, 0) is 62.2 Å². The summed E-state index contributed by atoms with van der Waals surface area (Å²) in [4.78, 5) is 51.5. The van der Waals surface area contributed by atoms with E-state index in [9.17, 15) is 19.2 Å². The van der Waals surface area contributed by atoms with Crippen LogP contribution >= 0.6 is 59.4 Å². The summed E-state index contributed by atoms with van der Waals surface area (Å²) in [7, 11) is 0. The topological polar surface area (TPSA) is 122 Å². The molecule has 0 unspecified atom stereocenters. The molecule has 2 heterocycles. The number of pyridine rings is 1. The number of benzene rings is 1. The molecule has 0 fully saturated rings. The standard InChI is InChI=1S/C19H11Br3ClN5O4/c20-9-4-11(18(31)27-26-15(30)8-29)16(12(22)5-9)25-19(32)14-6-10(21)7-28(14)17-13(23)2-1-3-24-17/h1-8H,(H,25,32)(H,26,30)(H,27,31). The van der Waals surface area contributed by atoms with Crippen LogP contribution in [0.1, 0.15) is 20.8 Å². The molecule has 0 aliphatic carbocycles. The van der Waals surface area contributed by atoms with Crippen LogP contribution in [-0.2, 0) is 9.59 Å². The van der Waals surface area contributed by atoms with E-state index in [1.54, 1.807) is 30.5 Å². The molecule has 0 bridgehead atoms. The van der Waals surface area contributed by atoms with Gasteiger partial charge in [0.2, 0.25) is 6.29 Å². The summed E-state index contributed by atoms with van der Waals surface area (Å²) in [5.74, 6) is -2.02. The second kappa shape index (κ2) is 10.4. The first-order valence-corrected chi connectivity index (χ1v) is 11.3. The first-order chi connectivity index (χ1) is 15.2. The Morgan fingerprint density at radius 3 is 2.47 bits per heavy atom. The van der Waals surface area contributed by atoms with E-state index in [4.69, 9.17) is 11.6 Å². The zero-order valence-electron chi connectivity index (χ0n) is 15.7. The van der Waals surface area contributed by atoms with E-state index in [0.29, 0.717) is 24.3 Å². The Morgan fingerprint density at radius 2 is 1.78 bits per heavy atom. The molecule has 9 nitrogen and oxygen atoms in total. The fraction of sp³-hybridized carbons (Fsp3) is 0. The molecule has 3 N–H and O–H groups in total. The lowest BCUT2D eigenvalue weighted by atomic mass is 10.1. The van der Waals surface area contributed by atoms with E-state index in [2.05, 4.69) is 63.5 Å². The van der Waals surface area contributed by atoms with Gasteiger partial charge in [-0.15, -0.1) is 0 Å². The minimum Gasteiger partial charge on any atom is -0.319 e. The van der Waals surface area contributed by atoms with Gasteiger partial charge < -0.3 is 5.32 Å². The van der Waals surface area contributed by atoms with Crippen molar-refractivity contribution in [2.45, 2.75) is 0 Å². The predicted molar refractivity (Wildman–Crippen MR) is 128 cm³/mol. The number of hydrogen-bond acceptors (Lipinski definition) is 5. The normalized spacial score (nSPS) is 10.4. The van der Waals surface area contributed by atoms with Gasteiger partial charge in [-0.3, -0.25) is 34.6 Å². The number of anilines is 1. The molecule has 3 aromatic rings. The Balaban J connectivity index is 1.97. The second-order valence-corrected chi connectivity index (χ2v) is 9.14. The third-order valence-corrected chi connectivity index (χ3v) is 5.74. The van der Waals surface area contributed by atoms with E-state index in [1.165, 1.54) is 16.8 Å². The molecule has 0 saturated carbocycles. The van der Waals surface area contributed by atoms with Crippen molar-refractivity contribution in [2.24, 2.45) is 0 Å². The van der Waals surface area contributed by atoms with Crippen LogP contribution in [0.25, 0.3) is 5.82 Å². The summed E-state index contributed by atoms with van der Waals surface area (Å²) in [5.41, 5.74) is 4.37. The molecule has 0 aliphatic rings. The lowest BCUT2D eigenvalue weighted by Crippen LogP contribution is -2.42. The van der Waals surface area contributed by atoms with Gasteiger partial charge in [0.15, 0.2) is 5.82 Å². The molecule has 3 amide bonds. The number of amides is 3. The van der Waals surface area contributed by atoms with Crippen LogP contribution in [-0.4, -0.2) is 33.6 Å². The monoisotopic (exact) mass is 645 g/mol. The number of aromatic nitrogens is 2. The SMILES string of the molecule is O=CC(=O)NNC(=O)c1cc(Br)cc(Br)c1NC(=O)c1cc(Br)cn1-c1ncccc1Cl. The zero-order valence-corrected chi connectivity index (χ0v) is 21.2. The number of nitrogens with one attached hydrogen (secondary N) is 3. The molecule has 1 aromatic carbocycles. The van der Waals surface area contributed by atoms with Crippen molar-refractivity contribution in [3.8, 4) is 5.82 Å². The van der Waals surface area contributed by atoms with Crippen molar-refractivity contribution in [1.82, 2.24) is 20.4 Å². The van der Waals surface area contributed by atoms with Gasteiger partial charge in [-0.25, -0.2) is 4.98 Å². The fourth-order valence-electron chi connectivity index (χ4n) is 2.61. The smallest absolute Gasteiger partial charge is 0.302 e. The van der Waals surface area contributed by atoms with Gasteiger partial charge in [0, 0.05) is 25.8 Å². The van der Waals surface area contributed by atoms with E-state index < -0.39 is 17.7 Å². The maximum atomic E-state index is 13.2. The molecule has 2 aromatic heterocycles. The van der Waals surface area contributed by atoms with Crippen LogP contribution in [0.5, 0.6) is 0 Å². The molecule has 0 saturated heterocycles. The lowest BCUT2D eigenvalue weighted by Gasteiger charge is -2.15. The molecule has 3 rings (SSSR count). The minimum absolute atomic E-state index is 0.00849. The second-order valence-electron chi connectivity index (χ2n) is 6.05. The molecule has 0 radical (unpaired) electrons. The Bertz CT molecular complexity index is 1250. The van der Waals surface area contributed by atoms with Gasteiger partial charge >= 0.3 is 5.91 Å². The predicted octanol–water partition coefficient (Wildman–Crippen LogP) is 4.03. The summed E-state index contributed by atoms with van der Waals surface area (Å²) < 4.78 is 3.02. The number of halogens is 4. The third-order valence-electron chi connectivity index (χ3n) is 3.93. The third kappa shape index (κ3) is 5.44. The highest BCUT2D eigenvalue weighted by atomic mass is 79.9. The largest absolute Gasteiger partial charge is 0.319 e. The average molecular weight is 648 g/mol. The number of aldehydes is 1. The molecular weight excluding hydrogens is 637 g/mol. The van der Waals surface area contributed by atoms with Gasteiger partial charge in [0.1, 0.15) is 5.69 Å². The quantitative estimate of drug-likeness (QED) is 0.219. The summed E-state index contributed by atoms with van der Waals surface area (Å²) >= 11 is 16.2. The van der Waals surface area contributed by atoms with E-state index in [-0.39, 0.29) is 23.2 Å². The number of hydrogen-bond donors (Lipinski definition) is 3. The molecule has 0 aliphatic heterocycles. The van der Waals surface area contributed by atoms with Crippen LogP contribution in [0.2, 0.25) is 5.02 Å². The van der Waals surface area contributed by atoms with E-state index >= 15 is 0 Å². The van der Waals surface area contributed by atoms with E-state index in [1.807, 2.05) is 5.43 Å². The summed E-state index contributed by atoms with van der Waals surface area (Å²) in [5, 5.41) is 3.02. The number of nitrogens with zero attached hydrogens (tertiary/aromatic N) is 2. The maximum absolute atomic E-state index is 13.2.